The summed E-state index contributed by atoms with van der Waals surface area (Å²) in [5.41, 5.74) is -0.177. The zero-order chi connectivity index (χ0) is 32.7. The Hall–Kier alpha value is -3.53. The predicted octanol–water partition coefficient (Wildman–Crippen LogP) is 8.21. The number of rotatable bonds is 14. The van der Waals surface area contributed by atoms with Crippen molar-refractivity contribution in [1.29, 1.82) is 0 Å². The topological polar surface area (TPSA) is 111 Å². The van der Waals surface area contributed by atoms with Gasteiger partial charge < -0.3 is 10.1 Å². The highest BCUT2D eigenvalue weighted by molar-refractivity contribution is 6.40. The van der Waals surface area contributed by atoms with Gasteiger partial charge in [-0.25, -0.2) is 9.36 Å². The first-order valence-electron chi connectivity index (χ1n) is 15.0. The molecule has 0 saturated heterocycles. The van der Waals surface area contributed by atoms with Crippen LogP contribution < -0.4 is 10.9 Å². The lowest BCUT2D eigenvalue weighted by atomic mass is 9.75. The maximum Gasteiger partial charge on any atom is 0.308 e. The number of esters is 1. The van der Waals surface area contributed by atoms with Crippen molar-refractivity contribution in [3.63, 3.8) is 0 Å². The monoisotopic (exact) mass is 673 g/mol. The van der Waals surface area contributed by atoms with E-state index in [0.29, 0.717) is 30.9 Å². The van der Waals surface area contributed by atoms with Crippen LogP contribution in [0.5, 0.6) is 0 Å². The Morgan fingerprint density at radius 1 is 1.04 bits per heavy atom. The Labute approximate surface area is 277 Å². The number of benzene rings is 2. The van der Waals surface area contributed by atoms with E-state index in [9.17, 15) is 14.4 Å². The smallest absolute Gasteiger partial charge is 0.308 e. The molecule has 0 aliphatic carbocycles. The van der Waals surface area contributed by atoms with Crippen LogP contribution in [0.1, 0.15) is 71.3 Å². The average molecular weight is 675 g/mol. The lowest BCUT2D eigenvalue weighted by Crippen LogP contribution is -2.34. The van der Waals surface area contributed by atoms with E-state index in [0.717, 1.165) is 23.1 Å². The van der Waals surface area contributed by atoms with E-state index < -0.39 is 11.0 Å². The maximum absolute atomic E-state index is 14.0. The van der Waals surface area contributed by atoms with Crippen LogP contribution in [-0.4, -0.2) is 38.0 Å². The van der Waals surface area contributed by atoms with Gasteiger partial charge in [-0.1, -0.05) is 99.3 Å². The van der Waals surface area contributed by atoms with E-state index in [-0.39, 0.29) is 51.0 Å². The Morgan fingerprint density at radius 3 is 2.33 bits per heavy atom. The summed E-state index contributed by atoms with van der Waals surface area (Å²) in [6, 6.07) is 14.5. The number of amides is 1. The second kappa shape index (κ2) is 15.2. The predicted molar refractivity (Wildman–Crippen MR) is 179 cm³/mol. The quantitative estimate of drug-likeness (QED) is 0.103. The summed E-state index contributed by atoms with van der Waals surface area (Å²) in [5, 5.41) is 10.7. The van der Waals surface area contributed by atoms with Gasteiger partial charge in [0.2, 0.25) is 5.91 Å². The molecule has 9 nitrogen and oxygen atoms in total. The minimum absolute atomic E-state index is 0.0757. The van der Waals surface area contributed by atoms with Crippen molar-refractivity contribution in [2.75, 3.05) is 11.9 Å². The third kappa shape index (κ3) is 8.20. The molecule has 0 fully saturated rings. The highest BCUT2D eigenvalue weighted by atomic mass is 35.5. The molecule has 0 radical (unpaired) electrons. The Bertz CT molecular complexity index is 1640. The molecule has 0 aliphatic rings. The molecule has 0 aliphatic heterocycles. The molecule has 4 rings (SSSR count). The van der Waals surface area contributed by atoms with E-state index in [1.54, 1.807) is 12.3 Å². The Balaban J connectivity index is 1.65. The van der Waals surface area contributed by atoms with E-state index in [2.05, 4.69) is 15.5 Å². The van der Waals surface area contributed by atoms with E-state index >= 15 is 0 Å². The van der Waals surface area contributed by atoms with Gasteiger partial charge in [-0.15, -0.1) is 0 Å². The van der Waals surface area contributed by atoms with E-state index in [4.69, 9.17) is 39.5 Å². The highest BCUT2D eigenvalue weighted by Gasteiger charge is 2.35. The SMILES string of the molecule is CCCCOC(=O)C(CC)CC(CC(C)(C)C(=O)Nc1[nH]n(-c2c(Cl)cc(Cl)cc2Cl)c(=O)c1-n1cccn1)c1ccccc1. The largest absolute Gasteiger partial charge is 0.465 e. The van der Waals surface area contributed by atoms with Crippen molar-refractivity contribution < 1.29 is 14.3 Å². The first kappa shape index (κ1) is 34.3. The van der Waals surface area contributed by atoms with Crippen molar-refractivity contribution in [3.05, 3.63) is 91.9 Å². The van der Waals surface area contributed by atoms with Crippen molar-refractivity contribution in [3.8, 4) is 11.4 Å². The normalized spacial score (nSPS) is 13.0. The summed E-state index contributed by atoms with van der Waals surface area (Å²) in [5.74, 6) is -0.854. The fraction of sp³-hybridized carbons (Fsp3) is 0.394. The number of halogens is 3. The number of aromatic amines is 1. The zero-order valence-electron chi connectivity index (χ0n) is 25.8. The summed E-state index contributed by atoms with van der Waals surface area (Å²) in [6.45, 7) is 8.11. The van der Waals surface area contributed by atoms with Crippen molar-refractivity contribution in [2.24, 2.45) is 11.3 Å². The molecule has 2 unspecified atom stereocenters. The molecule has 45 heavy (non-hydrogen) atoms. The summed E-state index contributed by atoms with van der Waals surface area (Å²) >= 11 is 19.0. The molecule has 2 atom stereocenters. The molecule has 12 heteroatoms. The van der Waals surface area contributed by atoms with Crippen LogP contribution in [0.15, 0.2) is 65.7 Å². The molecule has 2 aromatic heterocycles. The second-order valence-corrected chi connectivity index (χ2v) is 12.9. The van der Waals surface area contributed by atoms with Gasteiger partial charge in [0.1, 0.15) is 5.69 Å². The van der Waals surface area contributed by atoms with Gasteiger partial charge in [-0.05, 0) is 55.4 Å². The molecular formula is C33H38Cl3N5O4. The fourth-order valence-corrected chi connectivity index (χ4v) is 6.28. The van der Waals surface area contributed by atoms with Gasteiger partial charge in [0, 0.05) is 22.8 Å². The van der Waals surface area contributed by atoms with Crippen molar-refractivity contribution in [1.82, 2.24) is 19.6 Å². The summed E-state index contributed by atoms with van der Waals surface area (Å²) in [4.78, 5) is 40.7. The fourth-order valence-electron chi connectivity index (χ4n) is 5.30. The van der Waals surface area contributed by atoms with Crippen LogP contribution in [-0.2, 0) is 14.3 Å². The molecule has 2 N–H and O–H groups in total. The van der Waals surface area contributed by atoms with Gasteiger partial charge >= 0.3 is 5.97 Å². The molecule has 4 aromatic rings. The number of hydrogen-bond acceptors (Lipinski definition) is 5. The minimum atomic E-state index is -0.930. The number of nitrogens with zero attached hydrogens (tertiary/aromatic N) is 3. The number of H-pyrrole nitrogens is 1. The van der Waals surface area contributed by atoms with Gasteiger partial charge in [0.05, 0.1) is 22.6 Å². The number of ether oxygens (including phenoxy) is 1. The molecule has 2 aromatic carbocycles. The third-order valence-electron chi connectivity index (χ3n) is 7.82. The standard InChI is InChI=1S/C33H38Cl3N5O4/c1-5-7-16-45-31(43)21(6-2)17-23(22-12-9-8-10-13-22)20-33(3,4)32(44)38-29-28(40-15-11-14-37-40)30(42)41(39-29)27-25(35)18-24(34)19-26(27)36/h8-15,18-19,21,23,39H,5-7,16-17,20H2,1-4H3,(H,38,44). The lowest BCUT2D eigenvalue weighted by Gasteiger charge is -2.30. The number of anilines is 1. The number of unbranched alkanes of at least 4 members (excludes halogenated alkanes) is 1. The van der Waals surface area contributed by atoms with Crippen molar-refractivity contribution >= 4 is 52.5 Å². The van der Waals surface area contributed by atoms with Crippen LogP contribution in [0.3, 0.4) is 0 Å². The Morgan fingerprint density at radius 2 is 1.73 bits per heavy atom. The molecule has 2 heterocycles. The van der Waals surface area contributed by atoms with Gasteiger partial charge in [0.15, 0.2) is 11.5 Å². The molecule has 0 saturated carbocycles. The van der Waals surface area contributed by atoms with Gasteiger partial charge in [-0.2, -0.15) is 5.10 Å². The number of hydrogen-bond donors (Lipinski definition) is 2. The first-order valence-corrected chi connectivity index (χ1v) is 16.1. The van der Waals surface area contributed by atoms with E-state index in [1.807, 2.05) is 58.0 Å². The van der Waals surface area contributed by atoms with Crippen LogP contribution in [0.2, 0.25) is 15.1 Å². The number of carbonyl (C=O) groups excluding carboxylic acids is 2. The maximum atomic E-state index is 14.0. The molecule has 1 amide bonds. The van der Waals surface area contributed by atoms with Crippen LogP contribution >= 0.6 is 34.8 Å². The number of aromatic nitrogens is 4. The molecule has 0 bridgehead atoms. The minimum Gasteiger partial charge on any atom is -0.465 e. The molecular weight excluding hydrogens is 637 g/mol. The summed E-state index contributed by atoms with van der Waals surface area (Å²) < 4.78 is 8.08. The van der Waals surface area contributed by atoms with Crippen molar-refractivity contribution in [2.45, 2.75) is 65.7 Å². The van der Waals surface area contributed by atoms with Gasteiger partial charge in [-0.3, -0.25) is 19.5 Å². The number of carbonyl (C=O) groups is 2. The lowest BCUT2D eigenvalue weighted by molar-refractivity contribution is -0.149. The first-order chi connectivity index (χ1) is 21.5. The van der Waals surface area contributed by atoms with Crippen LogP contribution in [0, 0.1) is 11.3 Å². The summed E-state index contributed by atoms with van der Waals surface area (Å²) in [6.07, 6.45) is 6.46. The van der Waals surface area contributed by atoms with Gasteiger partial charge in [0.25, 0.3) is 5.56 Å². The molecule has 240 valence electrons. The zero-order valence-corrected chi connectivity index (χ0v) is 28.0. The van der Waals surface area contributed by atoms with Crippen LogP contribution in [0.25, 0.3) is 11.4 Å². The van der Waals surface area contributed by atoms with Crippen LogP contribution in [0.4, 0.5) is 5.82 Å². The average Bonchev–Trinajstić information content (AvgIpc) is 3.63. The second-order valence-electron chi connectivity index (χ2n) is 11.7. The third-order valence-corrected chi connectivity index (χ3v) is 8.62. The summed E-state index contributed by atoms with van der Waals surface area (Å²) in [7, 11) is 0. The number of nitrogens with one attached hydrogen (secondary N) is 2. The molecule has 0 spiro atoms. The Kier molecular flexibility index (Phi) is 11.6. The van der Waals surface area contributed by atoms with E-state index in [1.165, 1.54) is 23.0 Å². The highest BCUT2D eigenvalue weighted by Crippen LogP contribution is 2.38.